The minimum atomic E-state index is -0.418. The lowest BCUT2D eigenvalue weighted by Crippen LogP contribution is -2.52. The lowest BCUT2D eigenvalue weighted by atomic mass is 9.90. The molecule has 1 aromatic rings. The number of benzene rings is 1. The van der Waals surface area contributed by atoms with Gasteiger partial charge in [-0.05, 0) is 37.5 Å². The summed E-state index contributed by atoms with van der Waals surface area (Å²) in [5.41, 5.74) is 5.93. The van der Waals surface area contributed by atoms with Gasteiger partial charge in [-0.2, -0.15) is 0 Å². The highest BCUT2D eigenvalue weighted by Crippen LogP contribution is 2.27. The minimum Gasteiger partial charge on any atom is -0.493 e. The first kappa shape index (κ1) is 17.3. The van der Waals surface area contributed by atoms with Crippen molar-refractivity contribution in [1.82, 2.24) is 5.32 Å². The van der Waals surface area contributed by atoms with Crippen LogP contribution in [0.15, 0.2) is 18.2 Å². The smallest absolute Gasteiger partial charge is 0.251 e. The van der Waals surface area contributed by atoms with Crippen molar-refractivity contribution in [2.24, 2.45) is 11.7 Å². The fraction of sp³-hybridized carbons (Fsp3) is 0.562. The number of ether oxygens (including phenoxy) is 2. The molecule has 118 valence electrons. The zero-order valence-corrected chi connectivity index (χ0v) is 13.5. The third kappa shape index (κ3) is 4.63. The van der Waals surface area contributed by atoms with Crippen LogP contribution in [0.3, 0.4) is 0 Å². The molecule has 0 heterocycles. The molecule has 0 saturated heterocycles. The van der Waals surface area contributed by atoms with Crippen LogP contribution >= 0.6 is 0 Å². The Bertz CT molecular complexity index is 488. The molecular formula is C16H26N2O3. The monoisotopic (exact) mass is 294 g/mol. The van der Waals surface area contributed by atoms with Crippen molar-refractivity contribution < 1.29 is 14.3 Å². The number of carbonyl (C=O) groups is 1. The Hall–Kier alpha value is -1.75. The molecule has 0 aliphatic carbocycles. The van der Waals surface area contributed by atoms with E-state index >= 15 is 0 Å². The largest absolute Gasteiger partial charge is 0.493 e. The second kappa shape index (κ2) is 7.31. The number of nitrogens with one attached hydrogen (secondary N) is 1. The first-order chi connectivity index (χ1) is 9.85. The van der Waals surface area contributed by atoms with Crippen molar-refractivity contribution in [3.63, 3.8) is 0 Å². The number of hydrogen-bond acceptors (Lipinski definition) is 4. The van der Waals surface area contributed by atoms with Crippen molar-refractivity contribution in [1.29, 1.82) is 0 Å². The van der Waals surface area contributed by atoms with E-state index in [1.54, 1.807) is 32.4 Å². The third-order valence-corrected chi connectivity index (χ3v) is 3.37. The van der Waals surface area contributed by atoms with E-state index in [2.05, 4.69) is 19.2 Å². The molecule has 0 saturated carbocycles. The molecule has 21 heavy (non-hydrogen) atoms. The van der Waals surface area contributed by atoms with E-state index in [4.69, 9.17) is 15.2 Å². The Kier molecular flexibility index (Phi) is 6.03. The van der Waals surface area contributed by atoms with Crippen LogP contribution in [-0.4, -0.2) is 32.2 Å². The van der Waals surface area contributed by atoms with Gasteiger partial charge in [0.05, 0.1) is 14.2 Å². The maximum absolute atomic E-state index is 12.4. The number of rotatable bonds is 7. The van der Waals surface area contributed by atoms with Gasteiger partial charge < -0.3 is 20.5 Å². The molecular weight excluding hydrogens is 268 g/mol. The second-order valence-corrected chi connectivity index (χ2v) is 5.89. The van der Waals surface area contributed by atoms with Crippen LogP contribution in [0.4, 0.5) is 0 Å². The van der Waals surface area contributed by atoms with Crippen LogP contribution in [0.25, 0.3) is 0 Å². The van der Waals surface area contributed by atoms with E-state index in [1.807, 2.05) is 6.92 Å². The fourth-order valence-corrected chi connectivity index (χ4v) is 2.41. The molecule has 1 rings (SSSR count). The normalized spacial score (nSPS) is 13.7. The second-order valence-electron chi connectivity index (χ2n) is 5.89. The van der Waals surface area contributed by atoms with Gasteiger partial charge in [-0.15, -0.1) is 0 Å². The molecule has 1 aromatic carbocycles. The van der Waals surface area contributed by atoms with Crippen LogP contribution < -0.4 is 20.5 Å². The van der Waals surface area contributed by atoms with E-state index in [9.17, 15) is 4.79 Å². The van der Waals surface area contributed by atoms with E-state index in [1.165, 1.54) is 0 Å². The zero-order chi connectivity index (χ0) is 16.0. The van der Waals surface area contributed by atoms with Gasteiger partial charge in [0.25, 0.3) is 5.91 Å². The van der Waals surface area contributed by atoms with Gasteiger partial charge in [0.15, 0.2) is 11.5 Å². The maximum atomic E-state index is 12.4. The standard InChI is InChI=1S/C16H26N2O3/c1-11(2)9-16(3,10-17)18-15(19)12-6-7-13(20-4)14(8-12)21-5/h6-8,11H,9-10,17H2,1-5H3,(H,18,19). The molecule has 0 aromatic heterocycles. The predicted octanol–water partition coefficient (Wildman–Crippen LogP) is 2.20. The van der Waals surface area contributed by atoms with E-state index in [0.717, 1.165) is 6.42 Å². The maximum Gasteiger partial charge on any atom is 0.251 e. The van der Waals surface area contributed by atoms with E-state index in [0.29, 0.717) is 29.5 Å². The summed E-state index contributed by atoms with van der Waals surface area (Å²) in [5.74, 6) is 1.41. The van der Waals surface area contributed by atoms with Gasteiger partial charge >= 0.3 is 0 Å². The summed E-state index contributed by atoms with van der Waals surface area (Å²) in [6, 6.07) is 5.10. The summed E-state index contributed by atoms with van der Waals surface area (Å²) in [5, 5.41) is 3.02. The van der Waals surface area contributed by atoms with Gasteiger partial charge in [0.1, 0.15) is 0 Å². The van der Waals surface area contributed by atoms with Crippen molar-refractivity contribution in [3.05, 3.63) is 23.8 Å². The molecule has 5 nitrogen and oxygen atoms in total. The average Bonchev–Trinajstić information content (AvgIpc) is 2.45. The molecule has 0 bridgehead atoms. The van der Waals surface area contributed by atoms with Crippen LogP contribution in [0.5, 0.6) is 11.5 Å². The fourth-order valence-electron chi connectivity index (χ4n) is 2.41. The summed E-state index contributed by atoms with van der Waals surface area (Å²) in [7, 11) is 3.11. The SMILES string of the molecule is COc1ccc(C(=O)NC(C)(CN)CC(C)C)cc1OC. The van der Waals surface area contributed by atoms with Crippen molar-refractivity contribution in [2.75, 3.05) is 20.8 Å². The molecule has 1 amide bonds. The number of amides is 1. The molecule has 0 radical (unpaired) electrons. The Balaban J connectivity index is 2.93. The van der Waals surface area contributed by atoms with Crippen LogP contribution in [-0.2, 0) is 0 Å². The highest BCUT2D eigenvalue weighted by Gasteiger charge is 2.26. The topological polar surface area (TPSA) is 73.6 Å². The quantitative estimate of drug-likeness (QED) is 0.808. The van der Waals surface area contributed by atoms with E-state index < -0.39 is 5.54 Å². The molecule has 3 N–H and O–H groups in total. The van der Waals surface area contributed by atoms with Gasteiger partial charge in [0, 0.05) is 17.6 Å². The van der Waals surface area contributed by atoms with Gasteiger partial charge in [0.2, 0.25) is 0 Å². The van der Waals surface area contributed by atoms with E-state index in [-0.39, 0.29) is 5.91 Å². The lowest BCUT2D eigenvalue weighted by Gasteiger charge is -2.31. The van der Waals surface area contributed by atoms with Crippen molar-refractivity contribution in [3.8, 4) is 11.5 Å². The molecule has 5 heteroatoms. The van der Waals surface area contributed by atoms with Crippen molar-refractivity contribution >= 4 is 5.91 Å². The number of nitrogens with two attached hydrogens (primary N) is 1. The summed E-state index contributed by atoms with van der Waals surface area (Å²) in [6.07, 6.45) is 0.822. The highest BCUT2D eigenvalue weighted by atomic mass is 16.5. The summed E-state index contributed by atoms with van der Waals surface area (Å²) >= 11 is 0. The Morgan fingerprint density at radius 1 is 1.29 bits per heavy atom. The summed E-state index contributed by atoms with van der Waals surface area (Å²) in [4.78, 5) is 12.4. The molecule has 0 fully saturated rings. The molecule has 0 aliphatic rings. The Morgan fingerprint density at radius 3 is 2.38 bits per heavy atom. The zero-order valence-electron chi connectivity index (χ0n) is 13.5. The third-order valence-electron chi connectivity index (χ3n) is 3.37. The average molecular weight is 294 g/mol. The predicted molar refractivity (Wildman–Crippen MR) is 83.9 cm³/mol. The first-order valence-electron chi connectivity index (χ1n) is 7.10. The highest BCUT2D eigenvalue weighted by molar-refractivity contribution is 5.95. The Labute approximate surface area is 126 Å². The van der Waals surface area contributed by atoms with Crippen molar-refractivity contribution in [2.45, 2.75) is 32.7 Å². The summed E-state index contributed by atoms with van der Waals surface area (Å²) in [6.45, 7) is 6.57. The number of methoxy groups -OCH3 is 2. The number of carbonyl (C=O) groups excluding carboxylic acids is 1. The van der Waals surface area contributed by atoms with Gasteiger partial charge in [-0.25, -0.2) is 0 Å². The van der Waals surface area contributed by atoms with Gasteiger partial charge in [-0.1, -0.05) is 13.8 Å². The van der Waals surface area contributed by atoms with Gasteiger partial charge in [-0.3, -0.25) is 4.79 Å². The lowest BCUT2D eigenvalue weighted by molar-refractivity contribution is 0.0898. The van der Waals surface area contributed by atoms with Crippen LogP contribution in [0.2, 0.25) is 0 Å². The molecule has 1 unspecified atom stereocenters. The molecule has 1 atom stereocenters. The number of hydrogen-bond donors (Lipinski definition) is 2. The molecule has 0 spiro atoms. The first-order valence-corrected chi connectivity index (χ1v) is 7.10. The van der Waals surface area contributed by atoms with Crippen LogP contribution in [0, 0.1) is 5.92 Å². The summed E-state index contributed by atoms with van der Waals surface area (Å²) < 4.78 is 10.4. The molecule has 0 aliphatic heterocycles. The Morgan fingerprint density at radius 2 is 1.90 bits per heavy atom. The minimum absolute atomic E-state index is 0.162. The van der Waals surface area contributed by atoms with Crippen LogP contribution in [0.1, 0.15) is 37.6 Å².